The Morgan fingerprint density at radius 3 is 2.73 bits per heavy atom. The molecule has 140 valence electrons. The Morgan fingerprint density at radius 1 is 1.15 bits per heavy atom. The number of nitrogens with one attached hydrogen (secondary N) is 1. The van der Waals surface area contributed by atoms with Crippen LogP contribution in [0.25, 0.3) is 11.2 Å². The van der Waals surface area contributed by atoms with Crippen molar-refractivity contribution in [2.45, 2.75) is 56.3 Å². The van der Waals surface area contributed by atoms with E-state index in [4.69, 9.17) is 4.74 Å². The molecule has 3 unspecified atom stereocenters. The third kappa shape index (κ3) is 2.42. The zero-order chi connectivity index (χ0) is 17.8. The van der Waals surface area contributed by atoms with E-state index in [1.807, 2.05) is 0 Å². The normalized spacial score (nSPS) is 39.1. The Kier molecular flexibility index (Phi) is 3.85. The Bertz CT molecular complexity index is 814. The summed E-state index contributed by atoms with van der Waals surface area (Å²) in [5.41, 5.74) is 1.15. The zero-order valence-electron chi connectivity index (χ0n) is 14.3. The minimum Gasteiger partial charge on any atom is -0.394 e. The SMILES string of the molecule is OC[C@H]1O[C@H](n2cnc3c(NC4CC5CCC4C5)ncnc32)[C@@H](O)[C@@H]1O. The van der Waals surface area contributed by atoms with Crippen molar-refractivity contribution >= 4 is 17.0 Å². The van der Waals surface area contributed by atoms with Gasteiger partial charge < -0.3 is 25.4 Å². The molecule has 4 N–H and O–H groups in total. The maximum absolute atomic E-state index is 10.3. The fraction of sp³-hybridized carbons (Fsp3) is 0.706. The lowest BCUT2D eigenvalue weighted by Gasteiger charge is -2.23. The van der Waals surface area contributed by atoms with E-state index in [1.54, 1.807) is 4.57 Å². The molecule has 2 bridgehead atoms. The number of imidazole rings is 1. The number of aromatic nitrogens is 4. The van der Waals surface area contributed by atoms with Gasteiger partial charge in [0.25, 0.3) is 0 Å². The number of hydrogen-bond donors (Lipinski definition) is 4. The first-order valence-corrected chi connectivity index (χ1v) is 9.22. The smallest absolute Gasteiger partial charge is 0.167 e. The van der Waals surface area contributed by atoms with E-state index in [9.17, 15) is 15.3 Å². The summed E-state index contributed by atoms with van der Waals surface area (Å²) in [6.07, 6.45) is 4.07. The largest absolute Gasteiger partial charge is 0.394 e. The summed E-state index contributed by atoms with van der Waals surface area (Å²) in [4.78, 5) is 13.1. The van der Waals surface area contributed by atoms with E-state index >= 15 is 0 Å². The molecule has 9 heteroatoms. The minimum absolute atomic E-state index is 0.368. The molecule has 3 heterocycles. The molecule has 2 aromatic heterocycles. The van der Waals surface area contributed by atoms with Crippen molar-refractivity contribution in [2.75, 3.05) is 11.9 Å². The fourth-order valence-corrected chi connectivity index (χ4v) is 4.85. The van der Waals surface area contributed by atoms with Crippen LogP contribution in [-0.4, -0.2) is 65.8 Å². The van der Waals surface area contributed by atoms with Crippen LogP contribution in [0.1, 0.15) is 31.9 Å². The first-order valence-electron chi connectivity index (χ1n) is 9.22. The van der Waals surface area contributed by atoms with E-state index in [0.717, 1.165) is 5.92 Å². The Hall–Kier alpha value is -1.81. The molecular weight excluding hydrogens is 338 g/mol. The van der Waals surface area contributed by atoms with Gasteiger partial charge >= 0.3 is 0 Å². The molecule has 1 aliphatic heterocycles. The van der Waals surface area contributed by atoms with Crippen LogP contribution in [0, 0.1) is 11.8 Å². The van der Waals surface area contributed by atoms with Gasteiger partial charge in [-0.25, -0.2) is 15.0 Å². The van der Waals surface area contributed by atoms with Gasteiger partial charge in [-0.2, -0.15) is 0 Å². The summed E-state index contributed by atoms with van der Waals surface area (Å²) in [6, 6.07) is 0.422. The maximum Gasteiger partial charge on any atom is 0.167 e. The van der Waals surface area contributed by atoms with Gasteiger partial charge in [0.05, 0.1) is 12.9 Å². The highest BCUT2D eigenvalue weighted by atomic mass is 16.6. The summed E-state index contributed by atoms with van der Waals surface area (Å²) in [6.45, 7) is -0.368. The average molecular weight is 361 g/mol. The van der Waals surface area contributed by atoms with Crippen LogP contribution >= 0.6 is 0 Å². The average Bonchev–Trinajstić information content (AvgIpc) is 3.41. The summed E-state index contributed by atoms with van der Waals surface area (Å²) in [7, 11) is 0. The van der Waals surface area contributed by atoms with Crippen LogP contribution in [0.15, 0.2) is 12.7 Å². The van der Waals surface area contributed by atoms with Crippen molar-refractivity contribution in [3.05, 3.63) is 12.7 Å². The number of rotatable bonds is 4. The lowest BCUT2D eigenvalue weighted by Crippen LogP contribution is -2.33. The third-order valence-electron chi connectivity index (χ3n) is 6.21. The van der Waals surface area contributed by atoms with Crippen LogP contribution in [0.4, 0.5) is 5.82 Å². The molecule has 0 spiro atoms. The molecular formula is C17H23N5O4. The number of nitrogens with zero attached hydrogens (tertiary/aromatic N) is 4. The van der Waals surface area contributed by atoms with Crippen LogP contribution in [-0.2, 0) is 4.74 Å². The van der Waals surface area contributed by atoms with Crippen LogP contribution in [0.2, 0.25) is 0 Å². The monoisotopic (exact) mass is 361 g/mol. The Labute approximate surface area is 150 Å². The predicted molar refractivity (Wildman–Crippen MR) is 91.2 cm³/mol. The number of fused-ring (bicyclic) bond motifs is 3. The molecule has 5 rings (SSSR count). The molecule has 26 heavy (non-hydrogen) atoms. The van der Waals surface area contributed by atoms with E-state index in [0.29, 0.717) is 28.9 Å². The minimum atomic E-state index is -1.17. The number of hydrogen-bond acceptors (Lipinski definition) is 8. The number of ether oxygens (including phenoxy) is 1. The highest BCUT2D eigenvalue weighted by molar-refractivity contribution is 5.82. The maximum atomic E-state index is 10.3. The van der Waals surface area contributed by atoms with Crippen LogP contribution in [0.3, 0.4) is 0 Å². The lowest BCUT2D eigenvalue weighted by molar-refractivity contribution is -0.0511. The van der Waals surface area contributed by atoms with Crippen molar-refractivity contribution in [1.29, 1.82) is 0 Å². The second-order valence-corrected chi connectivity index (χ2v) is 7.70. The summed E-state index contributed by atoms with van der Waals surface area (Å²) >= 11 is 0. The van der Waals surface area contributed by atoms with E-state index in [2.05, 4.69) is 20.3 Å². The Morgan fingerprint density at radius 2 is 2.04 bits per heavy atom. The molecule has 9 nitrogen and oxygen atoms in total. The summed E-state index contributed by atoms with van der Waals surface area (Å²) < 4.78 is 7.18. The predicted octanol–water partition coefficient (Wildman–Crippen LogP) is 0.0383. The second kappa shape index (κ2) is 6.12. The molecule has 0 aromatic carbocycles. The molecule has 3 fully saturated rings. The van der Waals surface area contributed by atoms with Gasteiger partial charge in [-0.3, -0.25) is 4.57 Å². The fourth-order valence-electron chi connectivity index (χ4n) is 4.85. The van der Waals surface area contributed by atoms with Gasteiger partial charge in [-0.1, -0.05) is 6.42 Å². The van der Waals surface area contributed by atoms with Crippen LogP contribution < -0.4 is 5.32 Å². The molecule has 3 aliphatic rings. The van der Waals surface area contributed by atoms with Gasteiger partial charge in [0.2, 0.25) is 0 Å². The van der Waals surface area contributed by atoms with E-state index < -0.39 is 24.5 Å². The third-order valence-corrected chi connectivity index (χ3v) is 6.21. The lowest BCUT2D eigenvalue weighted by atomic mass is 9.95. The molecule has 2 aliphatic carbocycles. The highest BCUT2D eigenvalue weighted by Gasteiger charge is 2.44. The zero-order valence-corrected chi connectivity index (χ0v) is 14.3. The van der Waals surface area contributed by atoms with E-state index in [-0.39, 0.29) is 6.61 Å². The second-order valence-electron chi connectivity index (χ2n) is 7.70. The van der Waals surface area contributed by atoms with Crippen molar-refractivity contribution in [1.82, 2.24) is 19.5 Å². The van der Waals surface area contributed by atoms with Crippen molar-refractivity contribution in [3.8, 4) is 0 Å². The first-order chi connectivity index (χ1) is 12.7. The molecule has 1 saturated heterocycles. The van der Waals surface area contributed by atoms with Gasteiger partial charge in [0.15, 0.2) is 23.2 Å². The van der Waals surface area contributed by atoms with Gasteiger partial charge in [0, 0.05) is 6.04 Å². The molecule has 7 atom stereocenters. The standard InChI is InChI=1S/C17H23N5O4/c23-5-11-13(24)14(25)17(26-11)22-7-20-12-15(18-6-19-16(12)22)21-10-4-8-1-2-9(10)3-8/h6-11,13-14,17,23-25H,1-5H2,(H,18,19,21)/t8?,9?,10?,11-,13-,14+,17+/m1/s1. The highest BCUT2D eigenvalue weighted by Crippen LogP contribution is 2.45. The van der Waals surface area contributed by atoms with Gasteiger partial charge in [-0.05, 0) is 31.1 Å². The number of aliphatic hydroxyl groups is 3. The van der Waals surface area contributed by atoms with E-state index in [1.165, 1.54) is 38.3 Å². The van der Waals surface area contributed by atoms with Gasteiger partial charge in [0.1, 0.15) is 24.6 Å². The Balaban J connectivity index is 1.44. The summed E-state index contributed by atoms with van der Waals surface area (Å²) in [5, 5.41) is 33.1. The number of aliphatic hydroxyl groups excluding tert-OH is 3. The molecule has 2 aromatic rings. The van der Waals surface area contributed by atoms with Crippen LogP contribution in [0.5, 0.6) is 0 Å². The quantitative estimate of drug-likeness (QED) is 0.601. The van der Waals surface area contributed by atoms with Crippen molar-refractivity contribution in [2.24, 2.45) is 11.8 Å². The topological polar surface area (TPSA) is 126 Å². The number of anilines is 1. The van der Waals surface area contributed by atoms with Crippen molar-refractivity contribution < 1.29 is 20.1 Å². The summed E-state index contributed by atoms with van der Waals surface area (Å²) in [5.74, 6) is 2.22. The first kappa shape index (κ1) is 16.4. The van der Waals surface area contributed by atoms with Gasteiger partial charge in [-0.15, -0.1) is 0 Å². The van der Waals surface area contributed by atoms with Crippen molar-refractivity contribution in [3.63, 3.8) is 0 Å². The molecule has 0 radical (unpaired) electrons. The molecule has 2 saturated carbocycles. The molecule has 0 amide bonds.